The summed E-state index contributed by atoms with van der Waals surface area (Å²) in [7, 11) is 0. The van der Waals surface area contributed by atoms with E-state index in [2.05, 4.69) is 0 Å². The summed E-state index contributed by atoms with van der Waals surface area (Å²) in [4.78, 5) is 0. The first-order valence-corrected chi connectivity index (χ1v) is 6.09. The average molecular weight is 242 g/mol. The molecule has 0 radical (unpaired) electrons. The molecule has 2 aromatic rings. The van der Waals surface area contributed by atoms with Crippen LogP contribution in [0.25, 0.3) is 0 Å². The Balaban J connectivity index is 2.18. The minimum absolute atomic E-state index is 0.250. The Bertz CT molecular complexity index is 529. The number of aliphatic hydroxyl groups excluding tert-OH is 1. The van der Waals surface area contributed by atoms with E-state index in [1.54, 1.807) is 12.1 Å². The molecule has 0 bridgehead atoms. The summed E-state index contributed by atoms with van der Waals surface area (Å²) in [5, 5.41) is 19.5. The maximum absolute atomic E-state index is 10.3. The van der Waals surface area contributed by atoms with Crippen molar-refractivity contribution in [2.24, 2.45) is 0 Å². The van der Waals surface area contributed by atoms with Gasteiger partial charge < -0.3 is 10.2 Å². The average Bonchev–Trinajstić information content (AvgIpc) is 2.35. The van der Waals surface area contributed by atoms with Crippen LogP contribution in [-0.4, -0.2) is 10.2 Å². The summed E-state index contributed by atoms with van der Waals surface area (Å²) in [6.07, 6.45) is 0.0549. The van der Waals surface area contributed by atoms with Gasteiger partial charge in [0.2, 0.25) is 0 Å². The van der Waals surface area contributed by atoms with E-state index in [1.165, 1.54) is 0 Å². The number of benzene rings is 2. The molecule has 2 N–H and O–H groups in total. The van der Waals surface area contributed by atoms with Crippen molar-refractivity contribution in [2.45, 2.75) is 26.4 Å². The fraction of sp³-hybridized carbons (Fsp3) is 0.250. The molecule has 2 heteroatoms. The third-order valence-electron chi connectivity index (χ3n) is 3.16. The van der Waals surface area contributed by atoms with E-state index in [4.69, 9.17) is 0 Å². The second kappa shape index (κ2) is 5.23. The van der Waals surface area contributed by atoms with Crippen LogP contribution in [-0.2, 0) is 6.42 Å². The maximum Gasteiger partial charge on any atom is 0.115 e. The number of phenols is 1. The van der Waals surface area contributed by atoms with Crippen molar-refractivity contribution >= 4 is 0 Å². The number of rotatable bonds is 3. The van der Waals surface area contributed by atoms with Gasteiger partial charge in [0.15, 0.2) is 0 Å². The third-order valence-corrected chi connectivity index (χ3v) is 3.16. The molecule has 0 aliphatic carbocycles. The van der Waals surface area contributed by atoms with E-state index < -0.39 is 6.10 Å². The summed E-state index contributed by atoms with van der Waals surface area (Å²) in [6, 6.07) is 13.1. The van der Waals surface area contributed by atoms with Crippen LogP contribution in [0.1, 0.15) is 28.4 Å². The SMILES string of the molecule is Cc1ccc(C)c(C(O)Cc2ccc(O)cc2)c1. The molecule has 1 atom stereocenters. The molecule has 0 fully saturated rings. The molecule has 0 heterocycles. The van der Waals surface area contributed by atoms with Gasteiger partial charge >= 0.3 is 0 Å². The first-order chi connectivity index (χ1) is 8.56. The molecule has 94 valence electrons. The Labute approximate surface area is 108 Å². The standard InChI is InChI=1S/C16H18O2/c1-11-3-4-12(2)15(9-11)16(18)10-13-5-7-14(17)8-6-13/h3-9,16-18H,10H2,1-2H3. The second-order valence-corrected chi connectivity index (χ2v) is 4.75. The van der Waals surface area contributed by atoms with Crippen LogP contribution in [0.5, 0.6) is 5.75 Å². The molecule has 0 amide bonds. The number of aryl methyl sites for hydroxylation is 2. The molecule has 1 unspecified atom stereocenters. The van der Waals surface area contributed by atoms with Crippen LogP contribution in [0.4, 0.5) is 0 Å². The van der Waals surface area contributed by atoms with Gasteiger partial charge in [-0.1, -0.05) is 35.9 Å². The molecule has 0 aliphatic heterocycles. The summed E-state index contributed by atoms with van der Waals surface area (Å²) < 4.78 is 0. The zero-order valence-corrected chi connectivity index (χ0v) is 10.7. The van der Waals surface area contributed by atoms with Gasteiger partial charge in [0.25, 0.3) is 0 Å². The Morgan fingerprint density at radius 1 is 1.00 bits per heavy atom. The minimum atomic E-state index is -0.505. The summed E-state index contributed by atoms with van der Waals surface area (Å²) in [6.45, 7) is 4.03. The molecule has 2 nitrogen and oxygen atoms in total. The number of hydrogen-bond donors (Lipinski definition) is 2. The zero-order chi connectivity index (χ0) is 13.1. The van der Waals surface area contributed by atoms with Gasteiger partial charge in [-0.3, -0.25) is 0 Å². The topological polar surface area (TPSA) is 40.5 Å². The Hall–Kier alpha value is -1.80. The molecule has 0 saturated heterocycles. The molecule has 2 aromatic carbocycles. The van der Waals surface area contributed by atoms with Gasteiger partial charge in [0.05, 0.1) is 6.10 Å². The van der Waals surface area contributed by atoms with Crippen molar-refractivity contribution in [3.8, 4) is 5.75 Å². The molecule has 0 saturated carbocycles. The smallest absolute Gasteiger partial charge is 0.115 e. The molecule has 18 heavy (non-hydrogen) atoms. The van der Waals surface area contributed by atoms with Crippen LogP contribution in [0.3, 0.4) is 0 Å². The lowest BCUT2D eigenvalue weighted by molar-refractivity contribution is 0.177. The van der Waals surface area contributed by atoms with E-state index in [0.29, 0.717) is 6.42 Å². The number of aliphatic hydroxyl groups is 1. The maximum atomic E-state index is 10.3. The van der Waals surface area contributed by atoms with Crippen LogP contribution in [0.15, 0.2) is 42.5 Å². The summed E-state index contributed by atoms with van der Waals surface area (Å²) >= 11 is 0. The second-order valence-electron chi connectivity index (χ2n) is 4.75. The van der Waals surface area contributed by atoms with Crippen LogP contribution < -0.4 is 0 Å². The predicted molar refractivity (Wildman–Crippen MR) is 72.7 cm³/mol. The van der Waals surface area contributed by atoms with E-state index in [0.717, 1.165) is 22.3 Å². The van der Waals surface area contributed by atoms with Gasteiger partial charge in [0.1, 0.15) is 5.75 Å². The Morgan fingerprint density at radius 2 is 1.67 bits per heavy atom. The van der Waals surface area contributed by atoms with Gasteiger partial charge in [-0.2, -0.15) is 0 Å². The normalized spacial score (nSPS) is 12.4. The first-order valence-electron chi connectivity index (χ1n) is 6.09. The highest BCUT2D eigenvalue weighted by atomic mass is 16.3. The zero-order valence-electron chi connectivity index (χ0n) is 10.7. The largest absolute Gasteiger partial charge is 0.508 e. The highest BCUT2D eigenvalue weighted by Crippen LogP contribution is 2.23. The first kappa shape index (κ1) is 12.7. The van der Waals surface area contributed by atoms with Crippen molar-refractivity contribution in [1.29, 1.82) is 0 Å². The van der Waals surface area contributed by atoms with Crippen molar-refractivity contribution in [2.75, 3.05) is 0 Å². The molecule has 2 rings (SSSR count). The lowest BCUT2D eigenvalue weighted by Gasteiger charge is -2.14. The van der Waals surface area contributed by atoms with Gasteiger partial charge in [-0.15, -0.1) is 0 Å². The highest BCUT2D eigenvalue weighted by Gasteiger charge is 2.11. The molecule has 0 aliphatic rings. The van der Waals surface area contributed by atoms with Crippen LogP contribution in [0, 0.1) is 13.8 Å². The van der Waals surface area contributed by atoms with Crippen molar-refractivity contribution in [3.05, 3.63) is 64.7 Å². The van der Waals surface area contributed by atoms with Crippen molar-refractivity contribution < 1.29 is 10.2 Å². The van der Waals surface area contributed by atoms with Gasteiger partial charge in [-0.25, -0.2) is 0 Å². The lowest BCUT2D eigenvalue weighted by atomic mass is 9.96. The third kappa shape index (κ3) is 2.90. The molecular weight excluding hydrogens is 224 g/mol. The minimum Gasteiger partial charge on any atom is -0.508 e. The van der Waals surface area contributed by atoms with E-state index in [1.807, 2.05) is 44.2 Å². The monoisotopic (exact) mass is 242 g/mol. The van der Waals surface area contributed by atoms with Crippen molar-refractivity contribution in [3.63, 3.8) is 0 Å². The summed E-state index contributed by atoms with van der Waals surface area (Å²) in [5.74, 6) is 0.250. The Kier molecular flexibility index (Phi) is 3.68. The van der Waals surface area contributed by atoms with Gasteiger partial charge in [-0.05, 0) is 42.7 Å². The van der Waals surface area contributed by atoms with E-state index in [-0.39, 0.29) is 5.75 Å². The quantitative estimate of drug-likeness (QED) is 0.867. The van der Waals surface area contributed by atoms with Crippen LogP contribution in [0.2, 0.25) is 0 Å². The van der Waals surface area contributed by atoms with Crippen LogP contribution >= 0.6 is 0 Å². The van der Waals surface area contributed by atoms with Gasteiger partial charge in [0, 0.05) is 6.42 Å². The fourth-order valence-corrected chi connectivity index (χ4v) is 2.08. The van der Waals surface area contributed by atoms with E-state index in [9.17, 15) is 10.2 Å². The number of phenolic OH excluding ortho intramolecular Hbond substituents is 1. The highest BCUT2D eigenvalue weighted by molar-refractivity contribution is 5.34. The number of hydrogen-bond acceptors (Lipinski definition) is 2. The summed E-state index contributed by atoms with van der Waals surface area (Å²) in [5.41, 5.74) is 4.25. The molecule has 0 spiro atoms. The van der Waals surface area contributed by atoms with Crippen molar-refractivity contribution in [1.82, 2.24) is 0 Å². The van der Waals surface area contributed by atoms with E-state index >= 15 is 0 Å². The molecular formula is C16H18O2. The number of aromatic hydroxyl groups is 1. The fourth-order valence-electron chi connectivity index (χ4n) is 2.08. The molecule has 0 aromatic heterocycles. The Morgan fingerprint density at radius 3 is 2.33 bits per heavy atom. The lowest BCUT2D eigenvalue weighted by Crippen LogP contribution is -2.04. The predicted octanol–water partition coefficient (Wildman–Crippen LogP) is 3.29.